The van der Waals surface area contributed by atoms with Gasteiger partial charge >= 0.3 is 0 Å². The van der Waals surface area contributed by atoms with E-state index in [0.29, 0.717) is 18.9 Å². The van der Waals surface area contributed by atoms with Crippen molar-refractivity contribution >= 4 is 15.9 Å². The molecule has 0 spiro atoms. The highest BCUT2D eigenvalue weighted by Crippen LogP contribution is 2.17. The van der Waals surface area contributed by atoms with Gasteiger partial charge in [-0.1, -0.05) is 6.92 Å². The lowest BCUT2D eigenvalue weighted by Gasteiger charge is -2.29. The van der Waals surface area contributed by atoms with Crippen molar-refractivity contribution in [3.05, 3.63) is 0 Å². The minimum absolute atomic E-state index is 0.0310. The summed E-state index contributed by atoms with van der Waals surface area (Å²) in [7, 11) is -3.17. The first-order valence-electron chi connectivity index (χ1n) is 6.33. The van der Waals surface area contributed by atoms with Crippen LogP contribution in [-0.4, -0.2) is 46.3 Å². The first-order chi connectivity index (χ1) is 8.38. The molecule has 0 radical (unpaired) electrons. The van der Waals surface area contributed by atoms with E-state index in [1.165, 1.54) is 0 Å². The molecule has 0 aliphatic carbocycles. The molecule has 6 nitrogen and oxygen atoms in total. The number of rotatable bonds is 6. The average Bonchev–Trinajstić information content (AvgIpc) is 2.26. The molecule has 0 bridgehead atoms. The van der Waals surface area contributed by atoms with Crippen molar-refractivity contribution in [2.75, 3.05) is 25.9 Å². The van der Waals surface area contributed by atoms with Crippen LogP contribution in [0.15, 0.2) is 0 Å². The number of hydrogen-bond acceptors (Lipinski definition) is 4. The molecule has 3 N–H and O–H groups in total. The Hall–Kier alpha value is -0.660. The molecule has 1 amide bonds. The summed E-state index contributed by atoms with van der Waals surface area (Å²) in [4.78, 5) is 11.7. The first-order valence-corrected chi connectivity index (χ1v) is 8.22. The third kappa shape index (κ3) is 6.32. The van der Waals surface area contributed by atoms with E-state index in [1.807, 2.05) is 0 Å². The monoisotopic (exact) mass is 277 g/mol. The summed E-state index contributed by atoms with van der Waals surface area (Å²) in [5.74, 6) is 0.482. The Bertz CT molecular complexity index is 370. The van der Waals surface area contributed by atoms with Crippen LogP contribution in [0.2, 0.25) is 0 Å². The summed E-state index contributed by atoms with van der Waals surface area (Å²) in [5, 5.41) is 6.06. The lowest BCUT2D eigenvalue weighted by molar-refractivity contribution is -0.121. The predicted octanol–water partition coefficient (Wildman–Crippen LogP) is -0.570. The first kappa shape index (κ1) is 15.4. The van der Waals surface area contributed by atoms with Crippen molar-refractivity contribution in [3.8, 4) is 0 Å². The summed E-state index contributed by atoms with van der Waals surface area (Å²) in [6.07, 6.45) is 3.88. The van der Waals surface area contributed by atoms with Crippen LogP contribution < -0.4 is 15.4 Å². The van der Waals surface area contributed by atoms with E-state index < -0.39 is 10.0 Å². The van der Waals surface area contributed by atoms with Gasteiger partial charge in [0.15, 0.2) is 0 Å². The van der Waals surface area contributed by atoms with Crippen LogP contribution in [0.5, 0.6) is 0 Å². The Morgan fingerprint density at radius 3 is 2.72 bits per heavy atom. The zero-order chi connectivity index (χ0) is 13.6. The summed E-state index contributed by atoms with van der Waals surface area (Å²) >= 11 is 0. The third-order valence-electron chi connectivity index (χ3n) is 3.15. The molecule has 2 atom stereocenters. The Morgan fingerprint density at radius 2 is 2.11 bits per heavy atom. The Kier molecular flexibility index (Phi) is 6.04. The molecular formula is C11H23N3O3S. The molecule has 7 heteroatoms. The fourth-order valence-electron chi connectivity index (χ4n) is 2.10. The van der Waals surface area contributed by atoms with Crippen LogP contribution in [0.25, 0.3) is 0 Å². The second kappa shape index (κ2) is 7.06. The van der Waals surface area contributed by atoms with Crippen molar-refractivity contribution in [1.29, 1.82) is 0 Å². The third-order valence-corrected chi connectivity index (χ3v) is 3.87. The SMILES string of the molecule is CC1CCCNC1CC(=O)NCCNS(C)(=O)=O. The van der Waals surface area contributed by atoms with E-state index in [-0.39, 0.29) is 18.5 Å². The van der Waals surface area contributed by atoms with Crippen molar-refractivity contribution in [3.63, 3.8) is 0 Å². The maximum Gasteiger partial charge on any atom is 0.221 e. The Balaban J connectivity index is 2.17. The molecule has 0 aromatic rings. The van der Waals surface area contributed by atoms with Crippen LogP contribution >= 0.6 is 0 Å². The molecule has 18 heavy (non-hydrogen) atoms. The van der Waals surface area contributed by atoms with E-state index in [2.05, 4.69) is 22.3 Å². The highest BCUT2D eigenvalue weighted by molar-refractivity contribution is 7.88. The minimum Gasteiger partial charge on any atom is -0.355 e. The van der Waals surface area contributed by atoms with Crippen molar-refractivity contribution < 1.29 is 13.2 Å². The number of sulfonamides is 1. The maximum atomic E-state index is 11.7. The van der Waals surface area contributed by atoms with Gasteiger partial charge in [-0.2, -0.15) is 0 Å². The smallest absolute Gasteiger partial charge is 0.221 e. The molecule has 0 aromatic heterocycles. The zero-order valence-electron chi connectivity index (χ0n) is 11.0. The topological polar surface area (TPSA) is 87.3 Å². The molecule has 1 saturated heterocycles. The van der Waals surface area contributed by atoms with Crippen LogP contribution in [0.3, 0.4) is 0 Å². The quantitative estimate of drug-likeness (QED) is 0.567. The standard InChI is InChI=1S/C11H23N3O3S/c1-9-4-3-5-12-10(9)8-11(15)13-6-7-14-18(2,16)17/h9-10,12,14H,3-8H2,1-2H3,(H,13,15). The molecule has 106 valence electrons. The second-order valence-electron chi connectivity index (χ2n) is 4.90. The van der Waals surface area contributed by atoms with Gasteiger partial charge in [-0.25, -0.2) is 13.1 Å². The number of carbonyl (C=O) groups excluding carboxylic acids is 1. The van der Waals surface area contributed by atoms with Crippen molar-refractivity contribution in [2.24, 2.45) is 5.92 Å². The van der Waals surface area contributed by atoms with E-state index in [4.69, 9.17) is 0 Å². The average molecular weight is 277 g/mol. The Labute approximate surface area is 109 Å². The highest BCUT2D eigenvalue weighted by atomic mass is 32.2. The van der Waals surface area contributed by atoms with Crippen molar-refractivity contribution in [2.45, 2.75) is 32.2 Å². The van der Waals surface area contributed by atoms with Crippen LogP contribution in [-0.2, 0) is 14.8 Å². The van der Waals surface area contributed by atoms with Gasteiger partial charge in [0.25, 0.3) is 0 Å². The maximum absolute atomic E-state index is 11.7. The predicted molar refractivity (Wildman–Crippen MR) is 70.7 cm³/mol. The van der Waals surface area contributed by atoms with Gasteiger partial charge in [-0.3, -0.25) is 4.79 Å². The van der Waals surface area contributed by atoms with Crippen LogP contribution in [0.1, 0.15) is 26.2 Å². The van der Waals surface area contributed by atoms with Crippen molar-refractivity contribution in [1.82, 2.24) is 15.4 Å². The lowest BCUT2D eigenvalue weighted by Crippen LogP contribution is -2.44. The van der Waals surface area contributed by atoms with E-state index in [0.717, 1.165) is 25.6 Å². The molecule has 1 rings (SSSR count). The van der Waals surface area contributed by atoms with Gasteiger partial charge in [-0.05, 0) is 25.3 Å². The number of carbonyl (C=O) groups is 1. The summed E-state index contributed by atoms with van der Waals surface area (Å²) in [6.45, 7) is 3.68. The van der Waals surface area contributed by atoms with Crippen LogP contribution in [0, 0.1) is 5.92 Å². The summed E-state index contributed by atoms with van der Waals surface area (Å²) < 4.78 is 23.9. The van der Waals surface area contributed by atoms with Gasteiger partial charge < -0.3 is 10.6 Å². The number of hydrogen-bond donors (Lipinski definition) is 3. The normalized spacial score (nSPS) is 24.8. The number of nitrogens with one attached hydrogen (secondary N) is 3. The van der Waals surface area contributed by atoms with E-state index in [1.54, 1.807) is 0 Å². The number of amides is 1. The zero-order valence-corrected chi connectivity index (χ0v) is 11.8. The molecule has 1 heterocycles. The van der Waals surface area contributed by atoms with Gasteiger partial charge in [0.2, 0.25) is 15.9 Å². The van der Waals surface area contributed by atoms with Gasteiger partial charge in [0, 0.05) is 25.6 Å². The molecular weight excluding hydrogens is 254 g/mol. The van der Waals surface area contributed by atoms with E-state index >= 15 is 0 Å². The van der Waals surface area contributed by atoms with Gasteiger partial charge in [0.1, 0.15) is 0 Å². The number of piperidine rings is 1. The molecule has 0 saturated carbocycles. The summed E-state index contributed by atoms with van der Waals surface area (Å²) in [5.41, 5.74) is 0. The molecule has 0 aromatic carbocycles. The largest absolute Gasteiger partial charge is 0.355 e. The highest BCUT2D eigenvalue weighted by Gasteiger charge is 2.22. The molecule has 1 aliphatic heterocycles. The molecule has 2 unspecified atom stereocenters. The van der Waals surface area contributed by atoms with Gasteiger partial charge in [0.05, 0.1) is 6.26 Å². The molecule has 1 aliphatic rings. The minimum atomic E-state index is -3.17. The van der Waals surface area contributed by atoms with Crippen LogP contribution in [0.4, 0.5) is 0 Å². The van der Waals surface area contributed by atoms with Gasteiger partial charge in [-0.15, -0.1) is 0 Å². The molecule has 1 fully saturated rings. The lowest BCUT2D eigenvalue weighted by atomic mass is 9.90. The fourth-order valence-corrected chi connectivity index (χ4v) is 2.57. The second-order valence-corrected chi connectivity index (χ2v) is 6.73. The van der Waals surface area contributed by atoms with E-state index in [9.17, 15) is 13.2 Å². The fraction of sp³-hybridized carbons (Fsp3) is 0.909. The summed E-state index contributed by atoms with van der Waals surface area (Å²) in [6, 6.07) is 0.238. The Morgan fingerprint density at radius 1 is 1.39 bits per heavy atom.